The van der Waals surface area contributed by atoms with Crippen LogP contribution in [0.25, 0.3) is 0 Å². The van der Waals surface area contributed by atoms with Crippen molar-refractivity contribution >= 4 is 35.3 Å². The maximum Gasteiger partial charge on any atom is 0.409 e. The third-order valence-corrected chi connectivity index (χ3v) is 8.89. The van der Waals surface area contributed by atoms with Crippen molar-refractivity contribution in [3.05, 3.63) is 46.5 Å². The number of ether oxygens (including phenoxy) is 5. The first-order chi connectivity index (χ1) is 20.3. The molecule has 1 aromatic carbocycles. The third-order valence-electron chi connectivity index (χ3n) is 8.51. The monoisotopic (exact) mass is 620 g/mol. The number of amides is 2. The van der Waals surface area contributed by atoms with Crippen LogP contribution >= 0.6 is 11.6 Å². The van der Waals surface area contributed by atoms with Crippen LogP contribution in [0, 0.1) is 5.92 Å². The Balaban J connectivity index is 1.79. The fraction of sp³-hybridized carbons (Fsp3) is 0.581. The summed E-state index contributed by atoms with van der Waals surface area (Å²) in [6, 6.07) is 3.63. The van der Waals surface area contributed by atoms with Gasteiger partial charge in [0.25, 0.3) is 0 Å². The summed E-state index contributed by atoms with van der Waals surface area (Å²) in [6.07, 6.45) is 1.81. The van der Waals surface area contributed by atoms with Gasteiger partial charge in [-0.05, 0) is 38.0 Å². The summed E-state index contributed by atoms with van der Waals surface area (Å²) >= 11 is 6.66. The molecule has 2 fully saturated rings. The van der Waals surface area contributed by atoms with Gasteiger partial charge in [0.05, 0.1) is 25.3 Å². The second-order valence-electron chi connectivity index (χ2n) is 11.6. The highest BCUT2D eigenvalue weighted by Gasteiger charge is 2.64. The Bertz CT molecular complexity index is 1320. The molecule has 0 aliphatic carbocycles. The van der Waals surface area contributed by atoms with Crippen LogP contribution in [0.3, 0.4) is 0 Å². The van der Waals surface area contributed by atoms with Gasteiger partial charge in [0, 0.05) is 32.9 Å². The minimum atomic E-state index is -1.76. The predicted molar refractivity (Wildman–Crippen MR) is 159 cm³/mol. The highest BCUT2D eigenvalue weighted by Crippen LogP contribution is 2.49. The van der Waals surface area contributed by atoms with Crippen LogP contribution in [0.1, 0.15) is 52.5 Å². The van der Waals surface area contributed by atoms with Crippen molar-refractivity contribution in [3.8, 4) is 5.75 Å². The van der Waals surface area contributed by atoms with Gasteiger partial charge in [-0.3, -0.25) is 14.9 Å². The number of nitrogens with one attached hydrogen (secondary N) is 1. The van der Waals surface area contributed by atoms with Crippen LogP contribution in [-0.2, 0) is 35.0 Å². The molecule has 43 heavy (non-hydrogen) atoms. The van der Waals surface area contributed by atoms with E-state index >= 15 is 0 Å². The van der Waals surface area contributed by atoms with Gasteiger partial charge >= 0.3 is 12.1 Å². The van der Waals surface area contributed by atoms with Crippen LogP contribution in [0.2, 0.25) is 5.02 Å². The zero-order valence-corrected chi connectivity index (χ0v) is 26.4. The zero-order chi connectivity index (χ0) is 31.7. The lowest BCUT2D eigenvalue weighted by Gasteiger charge is -2.42. The largest absolute Gasteiger partial charge is 0.495 e. The molecule has 2 amide bonds. The Morgan fingerprint density at radius 3 is 2.65 bits per heavy atom. The number of anilines is 1. The maximum absolute atomic E-state index is 13.7. The van der Waals surface area contributed by atoms with Crippen LogP contribution in [0.4, 0.5) is 10.5 Å². The lowest BCUT2D eigenvalue weighted by atomic mass is 9.83. The molecule has 3 aliphatic rings. The minimum Gasteiger partial charge on any atom is -0.495 e. The topological polar surface area (TPSA) is 136 Å². The fourth-order valence-corrected chi connectivity index (χ4v) is 6.16. The molecule has 3 heterocycles. The molecule has 11 nitrogen and oxygen atoms in total. The highest BCUT2D eigenvalue weighted by molar-refractivity contribution is 6.35. The Hall–Kier alpha value is -3.12. The Morgan fingerprint density at radius 1 is 1.28 bits per heavy atom. The molecule has 7 atom stereocenters. The molecular weight excluding hydrogens is 580 g/mol. The van der Waals surface area contributed by atoms with Crippen molar-refractivity contribution in [1.82, 2.24) is 5.32 Å². The van der Waals surface area contributed by atoms with Crippen molar-refractivity contribution in [1.29, 1.82) is 0 Å². The van der Waals surface area contributed by atoms with Gasteiger partial charge < -0.3 is 33.7 Å². The Morgan fingerprint density at radius 2 is 2.00 bits per heavy atom. The number of methoxy groups -OCH3 is 2. The van der Waals surface area contributed by atoms with E-state index < -0.39 is 53.7 Å². The van der Waals surface area contributed by atoms with Crippen molar-refractivity contribution in [2.75, 3.05) is 26.2 Å². The lowest BCUT2D eigenvalue weighted by Crippen LogP contribution is -2.63. The molecule has 2 N–H and O–H groups in total. The van der Waals surface area contributed by atoms with Gasteiger partial charge in [0.15, 0.2) is 5.72 Å². The first-order valence-corrected chi connectivity index (χ1v) is 14.7. The van der Waals surface area contributed by atoms with E-state index in [4.69, 9.17) is 35.3 Å². The number of epoxide rings is 1. The van der Waals surface area contributed by atoms with E-state index in [9.17, 15) is 19.5 Å². The second-order valence-corrected chi connectivity index (χ2v) is 12.0. The van der Waals surface area contributed by atoms with E-state index in [1.807, 2.05) is 32.1 Å². The third kappa shape index (κ3) is 6.85. The van der Waals surface area contributed by atoms with Crippen molar-refractivity contribution in [2.24, 2.45) is 5.92 Å². The molecular formula is C31H41ClN2O9. The van der Waals surface area contributed by atoms with E-state index in [1.54, 1.807) is 33.0 Å². The number of hydrogen-bond acceptors (Lipinski definition) is 9. The zero-order valence-electron chi connectivity index (χ0n) is 25.6. The van der Waals surface area contributed by atoms with Gasteiger partial charge in [-0.25, -0.2) is 4.79 Å². The van der Waals surface area contributed by atoms with Gasteiger partial charge in [0.1, 0.15) is 34.7 Å². The van der Waals surface area contributed by atoms with Crippen LogP contribution < -0.4 is 15.0 Å². The van der Waals surface area contributed by atoms with Gasteiger partial charge in [0.2, 0.25) is 5.91 Å². The number of benzene rings is 1. The number of rotatable bonds is 4. The number of alkyl carbamates (subject to hydrolysis) is 1. The average Bonchev–Trinajstić information content (AvgIpc) is 3.66. The molecule has 236 valence electrons. The van der Waals surface area contributed by atoms with E-state index in [0.717, 1.165) is 11.1 Å². The number of hydrogen-bond donors (Lipinski definition) is 2. The summed E-state index contributed by atoms with van der Waals surface area (Å²) in [5, 5.41) is 14.3. The maximum atomic E-state index is 13.7. The minimum absolute atomic E-state index is 0.00655. The highest BCUT2D eigenvalue weighted by atomic mass is 35.5. The smallest absolute Gasteiger partial charge is 0.409 e. The van der Waals surface area contributed by atoms with E-state index in [0.29, 0.717) is 17.9 Å². The normalized spacial score (nSPS) is 35.0. The number of nitrogens with zero attached hydrogens (tertiary/aromatic N) is 1. The summed E-state index contributed by atoms with van der Waals surface area (Å²) in [4.78, 5) is 40.2. The number of carbonyl (C=O) groups is 3. The van der Waals surface area contributed by atoms with Gasteiger partial charge in [-0.2, -0.15) is 0 Å². The number of esters is 1. The first kappa shape index (κ1) is 32.8. The molecule has 1 aromatic rings. The molecule has 0 saturated carbocycles. The predicted octanol–water partition coefficient (Wildman–Crippen LogP) is 4.08. The van der Waals surface area contributed by atoms with Crippen LogP contribution in [0.15, 0.2) is 35.9 Å². The fourth-order valence-electron chi connectivity index (χ4n) is 5.85. The molecule has 4 rings (SSSR count). The van der Waals surface area contributed by atoms with E-state index in [2.05, 4.69) is 5.32 Å². The molecule has 3 aliphatic heterocycles. The molecule has 4 bridgehead atoms. The molecule has 12 heteroatoms. The summed E-state index contributed by atoms with van der Waals surface area (Å²) in [5.41, 5.74) is -0.564. The second kappa shape index (κ2) is 12.9. The number of allylic oxidation sites excluding steroid dienone is 3. The SMILES string of the molecule is CCC(=O)OC1CC(=O)N(C)c2cc(cc(OC)c2Cl)C/C(C)=C\C=C/[C@@H](OC)[C@@]2(O)C[C@H](OC(=O)N2)[C@@H](C)[C@@H]2O[C@@]12C. The van der Waals surface area contributed by atoms with E-state index in [-0.39, 0.29) is 30.2 Å². The Labute approximate surface area is 257 Å². The standard InChI is InChI=1S/C31H41ClN2O9/c1-8-26(36)42-24-15-25(35)34(5)20-13-19(14-21(39-6)27(20)32)12-17(2)10-9-11-23(40-7)31(38)16-22(41-29(37)33-31)18(3)28-30(24,4)43-28/h9-11,13-14,18,22-24,28,38H,8,12,15-16H2,1-7H3,(H,33,37)/b11-9-,17-10-/t18-,22+,23-,24?,28+,30+,31+/m1/s1. The van der Waals surface area contributed by atoms with Crippen molar-refractivity contribution in [3.63, 3.8) is 0 Å². The summed E-state index contributed by atoms with van der Waals surface area (Å²) in [7, 11) is 4.56. The van der Waals surface area contributed by atoms with Crippen LogP contribution in [-0.4, -0.2) is 80.1 Å². The Kier molecular flexibility index (Phi) is 9.80. The number of halogens is 1. The van der Waals surface area contributed by atoms with Gasteiger partial charge in [-0.15, -0.1) is 0 Å². The molecule has 2 saturated heterocycles. The lowest BCUT2D eigenvalue weighted by molar-refractivity contribution is -0.153. The number of fused-ring (bicyclic) bond motifs is 5. The molecule has 1 unspecified atom stereocenters. The molecule has 0 aromatic heterocycles. The summed E-state index contributed by atoms with van der Waals surface area (Å²) in [5.74, 6) is -0.854. The number of carbonyl (C=O) groups excluding carboxylic acids is 3. The van der Waals surface area contributed by atoms with Crippen molar-refractivity contribution < 1.29 is 43.2 Å². The van der Waals surface area contributed by atoms with Gasteiger partial charge in [-0.1, -0.05) is 49.2 Å². The van der Waals surface area contributed by atoms with Crippen molar-refractivity contribution in [2.45, 2.75) is 89.1 Å². The molecule has 0 spiro atoms. The van der Waals surface area contributed by atoms with Crippen LogP contribution in [0.5, 0.6) is 5.75 Å². The summed E-state index contributed by atoms with van der Waals surface area (Å²) < 4.78 is 28.6. The average molecular weight is 621 g/mol. The van der Waals surface area contributed by atoms with E-state index in [1.165, 1.54) is 19.1 Å². The number of aliphatic hydroxyl groups is 1. The first-order valence-electron chi connectivity index (χ1n) is 14.3. The molecule has 0 radical (unpaired) electrons. The quantitative estimate of drug-likeness (QED) is 0.377. The summed E-state index contributed by atoms with van der Waals surface area (Å²) in [6.45, 7) is 7.20.